The number of halogens is 1. The standard InChI is InChI=1S/C21H20ClN3O2S/c1-12-8-9-14(10-16(12)22)25-21-19(13(2)24-25)20(28-11-18(26)23-21)15-6-4-5-7-17(15)27-3/h4-10,20H,11H2,1-3H3,(H,23,26). The first-order chi connectivity index (χ1) is 13.5. The molecule has 3 aromatic rings. The average molecular weight is 414 g/mol. The minimum Gasteiger partial charge on any atom is -0.496 e. The molecule has 0 radical (unpaired) electrons. The van der Waals surface area contributed by atoms with Crippen molar-refractivity contribution in [3.63, 3.8) is 0 Å². The Morgan fingerprint density at radius 1 is 1.25 bits per heavy atom. The number of hydrogen-bond donors (Lipinski definition) is 1. The summed E-state index contributed by atoms with van der Waals surface area (Å²) < 4.78 is 7.34. The summed E-state index contributed by atoms with van der Waals surface area (Å²) in [6.45, 7) is 3.92. The summed E-state index contributed by atoms with van der Waals surface area (Å²) >= 11 is 7.90. The number of nitrogens with zero attached hydrogens (tertiary/aromatic N) is 2. The van der Waals surface area contributed by atoms with Crippen LogP contribution < -0.4 is 10.1 Å². The van der Waals surface area contributed by atoms with Crippen LogP contribution in [0.15, 0.2) is 42.5 Å². The van der Waals surface area contributed by atoms with Crippen molar-refractivity contribution in [2.75, 3.05) is 18.2 Å². The van der Waals surface area contributed by atoms with Crippen LogP contribution in [0.2, 0.25) is 5.02 Å². The number of carbonyl (C=O) groups excluding carboxylic acids is 1. The number of thioether (sulfide) groups is 1. The SMILES string of the molecule is COc1ccccc1C1SCC(=O)Nc2c1c(C)nn2-c1ccc(C)c(Cl)c1. The Morgan fingerprint density at radius 2 is 2.04 bits per heavy atom. The molecule has 28 heavy (non-hydrogen) atoms. The zero-order chi connectivity index (χ0) is 19.8. The Bertz CT molecular complexity index is 1060. The van der Waals surface area contributed by atoms with Crippen molar-refractivity contribution in [1.29, 1.82) is 0 Å². The Morgan fingerprint density at radius 3 is 2.79 bits per heavy atom. The van der Waals surface area contributed by atoms with Crippen LogP contribution in [0.1, 0.15) is 27.6 Å². The predicted molar refractivity (Wildman–Crippen MR) is 114 cm³/mol. The molecule has 1 atom stereocenters. The first-order valence-electron chi connectivity index (χ1n) is 8.90. The fraction of sp³-hybridized carbons (Fsp3) is 0.238. The second kappa shape index (κ2) is 7.53. The smallest absolute Gasteiger partial charge is 0.235 e. The van der Waals surface area contributed by atoms with Crippen LogP contribution in [-0.2, 0) is 4.79 Å². The van der Waals surface area contributed by atoms with Gasteiger partial charge < -0.3 is 10.1 Å². The van der Waals surface area contributed by atoms with Crippen LogP contribution in [-0.4, -0.2) is 28.6 Å². The van der Waals surface area contributed by atoms with Crippen LogP contribution in [0.3, 0.4) is 0 Å². The summed E-state index contributed by atoms with van der Waals surface area (Å²) in [7, 11) is 1.66. The zero-order valence-electron chi connectivity index (χ0n) is 15.8. The van der Waals surface area contributed by atoms with E-state index in [-0.39, 0.29) is 11.2 Å². The minimum atomic E-state index is -0.0697. The molecule has 0 fully saturated rings. The molecule has 7 heteroatoms. The number of ether oxygens (including phenoxy) is 1. The van der Waals surface area contributed by atoms with Crippen LogP contribution in [0.5, 0.6) is 5.75 Å². The summed E-state index contributed by atoms with van der Waals surface area (Å²) in [5.41, 5.74) is 4.67. The number of carbonyl (C=O) groups is 1. The van der Waals surface area contributed by atoms with E-state index >= 15 is 0 Å². The Kier molecular flexibility index (Phi) is 5.08. The van der Waals surface area contributed by atoms with Crippen molar-refractivity contribution in [2.45, 2.75) is 19.1 Å². The lowest BCUT2D eigenvalue weighted by Crippen LogP contribution is -2.15. The lowest BCUT2D eigenvalue weighted by Gasteiger charge is -2.18. The van der Waals surface area contributed by atoms with E-state index in [0.29, 0.717) is 16.6 Å². The molecule has 4 rings (SSSR count). The molecule has 1 aliphatic rings. The van der Waals surface area contributed by atoms with Gasteiger partial charge in [-0.2, -0.15) is 5.10 Å². The van der Waals surface area contributed by atoms with Crippen molar-refractivity contribution in [3.05, 3.63) is 69.9 Å². The average Bonchev–Trinajstić information content (AvgIpc) is 2.90. The molecule has 1 aliphatic heterocycles. The van der Waals surface area contributed by atoms with E-state index in [0.717, 1.165) is 33.8 Å². The van der Waals surface area contributed by atoms with E-state index in [2.05, 4.69) is 5.32 Å². The first-order valence-corrected chi connectivity index (χ1v) is 10.3. The van der Waals surface area contributed by atoms with Crippen molar-refractivity contribution < 1.29 is 9.53 Å². The minimum absolute atomic E-state index is 0.0528. The maximum absolute atomic E-state index is 12.5. The summed E-state index contributed by atoms with van der Waals surface area (Å²) in [5.74, 6) is 1.78. The van der Waals surface area contributed by atoms with Gasteiger partial charge in [-0.15, -0.1) is 11.8 Å². The number of aryl methyl sites for hydroxylation is 2. The highest BCUT2D eigenvalue weighted by Crippen LogP contribution is 2.46. The molecule has 2 aromatic carbocycles. The van der Waals surface area contributed by atoms with E-state index in [1.165, 1.54) is 0 Å². The topological polar surface area (TPSA) is 56.1 Å². The summed E-state index contributed by atoms with van der Waals surface area (Å²) in [4.78, 5) is 12.5. The molecular formula is C21H20ClN3O2S. The van der Waals surface area contributed by atoms with Crippen molar-refractivity contribution in [3.8, 4) is 11.4 Å². The molecule has 1 N–H and O–H groups in total. The Balaban J connectivity index is 1.91. The molecule has 1 amide bonds. The van der Waals surface area contributed by atoms with Gasteiger partial charge >= 0.3 is 0 Å². The van der Waals surface area contributed by atoms with Crippen molar-refractivity contribution in [1.82, 2.24) is 9.78 Å². The number of nitrogens with one attached hydrogen (secondary N) is 1. The highest BCUT2D eigenvalue weighted by Gasteiger charge is 2.32. The van der Waals surface area contributed by atoms with E-state index < -0.39 is 0 Å². The molecule has 0 saturated heterocycles. The van der Waals surface area contributed by atoms with Gasteiger partial charge in [0.15, 0.2) is 0 Å². The quantitative estimate of drug-likeness (QED) is 0.661. The van der Waals surface area contributed by atoms with Crippen molar-refractivity contribution >= 4 is 35.1 Å². The molecule has 144 valence electrons. The third kappa shape index (κ3) is 3.27. The van der Waals surface area contributed by atoms with Gasteiger partial charge in [0.2, 0.25) is 5.91 Å². The number of fused-ring (bicyclic) bond motifs is 1. The van der Waals surface area contributed by atoms with Crippen LogP contribution in [0, 0.1) is 13.8 Å². The van der Waals surface area contributed by atoms with Gasteiger partial charge in [-0.3, -0.25) is 4.79 Å². The van der Waals surface area contributed by atoms with Crippen LogP contribution >= 0.6 is 23.4 Å². The van der Waals surface area contributed by atoms with Gasteiger partial charge in [0.1, 0.15) is 11.6 Å². The molecule has 1 unspecified atom stereocenters. The third-order valence-corrected chi connectivity index (χ3v) is 6.49. The van der Waals surface area contributed by atoms with Gasteiger partial charge in [0.25, 0.3) is 0 Å². The van der Waals surface area contributed by atoms with E-state index in [4.69, 9.17) is 21.4 Å². The maximum atomic E-state index is 12.5. The molecular weight excluding hydrogens is 394 g/mol. The Labute approximate surface area is 173 Å². The maximum Gasteiger partial charge on any atom is 0.235 e. The fourth-order valence-corrected chi connectivity index (χ4v) is 4.80. The zero-order valence-corrected chi connectivity index (χ0v) is 17.4. The highest BCUT2D eigenvalue weighted by molar-refractivity contribution is 8.00. The van der Waals surface area contributed by atoms with E-state index in [9.17, 15) is 4.79 Å². The molecule has 1 aromatic heterocycles. The van der Waals surface area contributed by atoms with Gasteiger partial charge in [-0.1, -0.05) is 35.9 Å². The number of hydrogen-bond acceptors (Lipinski definition) is 4. The monoisotopic (exact) mass is 413 g/mol. The molecule has 0 spiro atoms. The number of methoxy groups -OCH3 is 1. The molecule has 5 nitrogen and oxygen atoms in total. The Hall–Kier alpha value is -2.44. The molecule has 0 bridgehead atoms. The second-order valence-corrected chi connectivity index (χ2v) is 8.17. The van der Waals surface area contributed by atoms with Gasteiger partial charge in [0, 0.05) is 16.1 Å². The largest absolute Gasteiger partial charge is 0.496 e. The van der Waals surface area contributed by atoms with Gasteiger partial charge in [-0.25, -0.2) is 4.68 Å². The summed E-state index contributed by atoms with van der Waals surface area (Å²) in [6, 6.07) is 13.7. The molecule has 0 aliphatic carbocycles. The second-order valence-electron chi connectivity index (χ2n) is 6.67. The van der Waals surface area contributed by atoms with Gasteiger partial charge in [0.05, 0.1) is 29.5 Å². The fourth-order valence-electron chi connectivity index (χ4n) is 3.41. The molecule has 0 saturated carbocycles. The predicted octanol–water partition coefficient (Wildman–Crippen LogP) is 4.93. The summed E-state index contributed by atoms with van der Waals surface area (Å²) in [5, 5.41) is 8.36. The number of benzene rings is 2. The first kappa shape index (κ1) is 18.9. The number of amides is 1. The highest BCUT2D eigenvalue weighted by atomic mass is 35.5. The van der Waals surface area contributed by atoms with Gasteiger partial charge in [-0.05, 0) is 37.6 Å². The summed E-state index contributed by atoms with van der Waals surface area (Å²) in [6.07, 6.45) is 0. The number of rotatable bonds is 3. The van der Waals surface area contributed by atoms with E-state index in [1.54, 1.807) is 23.6 Å². The van der Waals surface area contributed by atoms with Crippen LogP contribution in [0.4, 0.5) is 5.82 Å². The number of para-hydroxylation sites is 1. The third-order valence-electron chi connectivity index (χ3n) is 4.83. The normalized spacial score (nSPS) is 16.3. The van der Waals surface area contributed by atoms with E-state index in [1.807, 2.05) is 56.3 Å². The van der Waals surface area contributed by atoms with Crippen molar-refractivity contribution in [2.24, 2.45) is 0 Å². The van der Waals surface area contributed by atoms with Crippen LogP contribution in [0.25, 0.3) is 5.69 Å². The molecule has 2 heterocycles. The number of aromatic nitrogens is 2. The lowest BCUT2D eigenvalue weighted by atomic mass is 10.0. The number of anilines is 1. The lowest BCUT2D eigenvalue weighted by molar-refractivity contribution is -0.113.